The Morgan fingerprint density at radius 3 is 2.61 bits per heavy atom. The Balaban J connectivity index is 2.02. The van der Waals surface area contributed by atoms with Crippen LogP contribution in [0.1, 0.15) is 19.5 Å². The van der Waals surface area contributed by atoms with Crippen LogP contribution < -0.4 is 5.56 Å². The van der Waals surface area contributed by atoms with E-state index in [9.17, 15) is 22.8 Å². The summed E-state index contributed by atoms with van der Waals surface area (Å²) in [5, 5.41) is -0.229. The third kappa shape index (κ3) is 4.96. The Bertz CT molecular complexity index is 625. The van der Waals surface area contributed by atoms with E-state index in [4.69, 9.17) is 4.74 Å². The largest absolute Gasteiger partial charge is 0.433 e. The highest BCUT2D eigenvalue weighted by Gasteiger charge is 2.33. The number of aromatic amines is 1. The van der Waals surface area contributed by atoms with Gasteiger partial charge in [0, 0.05) is 19.2 Å². The Labute approximate surface area is 134 Å². The molecule has 1 amide bonds. The van der Waals surface area contributed by atoms with E-state index >= 15 is 0 Å². The van der Waals surface area contributed by atoms with E-state index < -0.39 is 17.4 Å². The van der Waals surface area contributed by atoms with Gasteiger partial charge in [-0.15, -0.1) is 0 Å². The highest BCUT2D eigenvalue weighted by molar-refractivity contribution is 7.99. The summed E-state index contributed by atoms with van der Waals surface area (Å²) in [5.41, 5.74) is -2.18. The molecule has 1 aliphatic heterocycles. The Morgan fingerprint density at radius 2 is 2.04 bits per heavy atom. The molecule has 2 rings (SSSR count). The number of amides is 1. The highest BCUT2D eigenvalue weighted by Crippen LogP contribution is 2.27. The van der Waals surface area contributed by atoms with Crippen LogP contribution in [0.15, 0.2) is 16.0 Å². The molecular formula is C13H16F3N3O3S. The van der Waals surface area contributed by atoms with Crippen LogP contribution in [-0.2, 0) is 15.7 Å². The van der Waals surface area contributed by atoms with Crippen LogP contribution in [0.4, 0.5) is 13.2 Å². The SMILES string of the molecule is C[C@@H]1CN(C(=O)CSc2nc(C(F)(F)F)cc(=O)[nH]2)C[C@H](C)O1. The molecule has 0 aromatic carbocycles. The molecule has 1 saturated heterocycles. The molecule has 0 saturated carbocycles. The number of thioether (sulfide) groups is 1. The van der Waals surface area contributed by atoms with Crippen molar-refractivity contribution < 1.29 is 22.7 Å². The van der Waals surface area contributed by atoms with Gasteiger partial charge in [0.2, 0.25) is 5.91 Å². The summed E-state index contributed by atoms with van der Waals surface area (Å²) in [4.78, 5) is 30.5. The standard InChI is InChI=1S/C13H16F3N3O3S/c1-7-4-19(5-8(2)22-7)11(21)6-23-12-17-9(13(14,15)16)3-10(20)18-12/h3,7-8H,4-6H2,1-2H3,(H,17,18,20)/t7-,8+. The number of nitrogens with one attached hydrogen (secondary N) is 1. The molecule has 0 bridgehead atoms. The number of rotatable bonds is 3. The third-order valence-electron chi connectivity index (χ3n) is 3.12. The van der Waals surface area contributed by atoms with Crippen LogP contribution >= 0.6 is 11.8 Å². The topological polar surface area (TPSA) is 75.3 Å². The van der Waals surface area contributed by atoms with Crippen molar-refractivity contribution in [2.45, 2.75) is 37.4 Å². The maximum atomic E-state index is 12.6. The van der Waals surface area contributed by atoms with E-state index in [0.29, 0.717) is 19.2 Å². The van der Waals surface area contributed by atoms with Gasteiger partial charge in [0.15, 0.2) is 10.9 Å². The smallest absolute Gasteiger partial charge is 0.372 e. The first-order chi connectivity index (χ1) is 10.6. The van der Waals surface area contributed by atoms with Crippen molar-refractivity contribution in [1.29, 1.82) is 0 Å². The lowest BCUT2D eigenvalue weighted by atomic mass is 10.2. The zero-order valence-corrected chi connectivity index (χ0v) is 13.3. The van der Waals surface area contributed by atoms with Gasteiger partial charge in [-0.25, -0.2) is 4.98 Å². The van der Waals surface area contributed by atoms with Gasteiger partial charge in [-0.1, -0.05) is 11.8 Å². The lowest BCUT2D eigenvalue weighted by Crippen LogP contribution is -2.48. The van der Waals surface area contributed by atoms with Gasteiger partial charge in [0.25, 0.3) is 5.56 Å². The first-order valence-corrected chi connectivity index (χ1v) is 7.88. The van der Waals surface area contributed by atoms with Gasteiger partial charge in [0.05, 0.1) is 18.0 Å². The normalized spacial score (nSPS) is 22.2. The fraction of sp³-hybridized carbons (Fsp3) is 0.615. The molecule has 0 radical (unpaired) electrons. The number of hydrogen-bond acceptors (Lipinski definition) is 5. The van der Waals surface area contributed by atoms with Crippen LogP contribution in [0.5, 0.6) is 0 Å². The van der Waals surface area contributed by atoms with Crippen molar-refractivity contribution in [3.05, 3.63) is 22.1 Å². The average molecular weight is 351 g/mol. The first-order valence-electron chi connectivity index (χ1n) is 6.89. The lowest BCUT2D eigenvalue weighted by molar-refractivity contribution is -0.141. The molecule has 0 aliphatic carbocycles. The Kier molecular flexibility index (Phi) is 5.35. The number of nitrogens with zero attached hydrogens (tertiary/aromatic N) is 2. The highest BCUT2D eigenvalue weighted by atomic mass is 32.2. The van der Waals surface area contributed by atoms with Crippen LogP contribution in [0, 0.1) is 0 Å². The molecule has 10 heteroatoms. The van der Waals surface area contributed by atoms with Gasteiger partial charge in [-0.2, -0.15) is 13.2 Å². The van der Waals surface area contributed by atoms with Crippen LogP contribution in [-0.4, -0.2) is 51.8 Å². The first kappa shape index (κ1) is 17.8. The predicted octanol–water partition coefficient (Wildman–Crippen LogP) is 1.52. The number of carbonyl (C=O) groups is 1. The average Bonchev–Trinajstić information content (AvgIpc) is 2.42. The van der Waals surface area contributed by atoms with Crippen molar-refractivity contribution in [2.75, 3.05) is 18.8 Å². The van der Waals surface area contributed by atoms with E-state index in [1.807, 2.05) is 13.8 Å². The second-order valence-electron chi connectivity index (χ2n) is 5.28. The molecule has 1 N–H and O–H groups in total. The molecule has 0 spiro atoms. The van der Waals surface area contributed by atoms with Crippen LogP contribution in [0.25, 0.3) is 0 Å². The van der Waals surface area contributed by atoms with E-state index in [1.54, 1.807) is 4.90 Å². The molecule has 128 valence electrons. The zero-order chi connectivity index (χ0) is 17.2. The van der Waals surface area contributed by atoms with Gasteiger partial charge in [0.1, 0.15) is 0 Å². The van der Waals surface area contributed by atoms with E-state index in [-0.39, 0.29) is 29.0 Å². The minimum Gasteiger partial charge on any atom is -0.372 e. The molecule has 0 unspecified atom stereocenters. The summed E-state index contributed by atoms with van der Waals surface area (Å²) in [7, 11) is 0. The Hall–Kier alpha value is -1.55. The number of ether oxygens (including phenoxy) is 1. The molecule has 1 aromatic heterocycles. The number of hydrogen-bond donors (Lipinski definition) is 1. The van der Waals surface area contributed by atoms with Gasteiger partial charge in [-0.3, -0.25) is 9.59 Å². The number of halogens is 3. The minimum absolute atomic E-state index is 0.0980. The van der Waals surface area contributed by atoms with Crippen molar-refractivity contribution in [3.8, 4) is 0 Å². The number of morpholine rings is 1. The fourth-order valence-corrected chi connectivity index (χ4v) is 3.03. The predicted molar refractivity (Wildman–Crippen MR) is 77.2 cm³/mol. The second kappa shape index (κ2) is 6.91. The number of alkyl halides is 3. The van der Waals surface area contributed by atoms with Gasteiger partial charge >= 0.3 is 6.18 Å². The third-order valence-corrected chi connectivity index (χ3v) is 3.97. The summed E-state index contributed by atoms with van der Waals surface area (Å²) < 4.78 is 43.3. The molecule has 1 aromatic rings. The monoisotopic (exact) mass is 351 g/mol. The number of H-pyrrole nitrogens is 1. The molecule has 2 heterocycles. The van der Waals surface area contributed by atoms with E-state index in [2.05, 4.69) is 9.97 Å². The Morgan fingerprint density at radius 1 is 1.43 bits per heavy atom. The zero-order valence-electron chi connectivity index (χ0n) is 12.5. The molecular weight excluding hydrogens is 335 g/mol. The fourth-order valence-electron chi connectivity index (χ4n) is 2.25. The van der Waals surface area contributed by atoms with Gasteiger partial charge in [-0.05, 0) is 13.8 Å². The molecule has 1 aliphatic rings. The summed E-state index contributed by atoms with van der Waals surface area (Å²) in [6.07, 6.45) is -4.90. The van der Waals surface area contributed by atoms with Crippen molar-refractivity contribution in [2.24, 2.45) is 0 Å². The molecule has 23 heavy (non-hydrogen) atoms. The lowest BCUT2D eigenvalue weighted by Gasteiger charge is -2.35. The van der Waals surface area contributed by atoms with E-state index in [1.165, 1.54) is 0 Å². The van der Waals surface area contributed by atoms with Crippen LogP contribution in [0.3, 0.4) is 0 Å². The summed E-state index contributed by atoms with van der Waals surface area (Å²) in [6.45, 7) is 4.54. The maximum Gasteiger partial charge on any atom is 0.433 e. The number of carbonyl (C=O) groups excluding carboxylic acids is 1. The molecule has 6 nitrogen and oxygen atoms in total. The second-order valence-corrected chi connectivity index (χ2v) is 6.24. The van der Waals surface area contributed by atoms with Crippen molar-refractivity contribution >= 4 is 17.7 Å². The molecule has 1 fully saturated rings. The summed E-state index contributed by atoms with van der Waals surface area (Å²) >= 11 is 0.770. The van der Waals surface area contributed by atoms with E-state index in [0.717, 1.165) is 11.8 Å². The van der Waals surface area contributed by atoms with Crippen LogP contribution in [0.2, 0.25) is 0 Å². The van der Waals surface area contributed by atoms with Crippen molar-refractivity contribution in [3.63, 3.8) is 0 Å². The van der Waals surface area contributed by atoms with Crippen molar-refractivity contribution in [1.82, 2.24) is 14.9 Å². The minimum atomic E-state index is -4.71. The van der Waals surface area contributed by atoms with Gasteiger partial charge < -0.3 is 14.6 Å². The summed E-state index contributed by atoms with van der Waals surface area (Å²) in [6, 6.07) is 0.386. The quantitative estimate of drug-likeness (QED) is 0.660. The number of aromatic nitrogens is 2. The molecule has 2 atom stereocenters. The maximum absolute atomic E-state index is 12.6. The summed E-state index contributed by atoms with van der Waals surface area (Å²) in [5.74, 6) is -0.346.